The Bertz CT molecular complexity index is 1120. The minimum Gasteiger partial charge on any atom is -0.491 e. The third-order valence-corrected chi connectivity index (χ3v) is 8.44. The zero-order chi connectivity index (χ0) is 27.6. The number of anilines is 1. The van der Waals surface area contributed by atoms with Crippen LogP contribution in [0.5, 0.6) is 5.75 Å². The maximum Gasteiger partial charge on any atom is 0.490 e. The Morgan fingerprint density at radius 3 is 2.54 bits per heavy atom. The molecule has 4 aliphatic heterocycles. The summed E-state index contributed by atoms with van der Waals surface area (Å²) in [5.74, 6) is -1.81. The summed E-state index contributed by atoms with van der Waals surface area (Å²) in [5, 5.41) is 16.2. The van der Waals surface area contributed by atoms with E-state index in [1.165, 1.54) is 6.07 Å². The quantitative estimate of drug-likeness (QED) is 0.518. The number of likely N-dealkylation sites (tertiary alicyclic amines) is 1. The molecule has 2 aromatic rings. The van der Waals surface area contributed by atoms with E-state index in [4.69, 9.17) is 24.1 Å². The summed E-state index contributed by atoms with van der Waals surface area (Å²) in [5.41, 5.74) is 2.76. The summed E-state index contributed by atoms with van der Waals surface area (Å²) in [6.07, 6.45) is -0.764. The van der Waals surface area contributed by atoms with E-state index < -0.39 is 12.1 Å². The molecule has 1 N–H and O–H groups in total. The molecule has 14 heteroatoms. The Hall–Kier alpha value is -2.55. The second kappa shape index (κ2) is 11.5. The minimum absolute atomic E-state index is 0.0274. The largest absolute Gasteiger partial charge is 0.491 e. The maximum atomic E-state index is 14.0. The lowest BCUT2D eigenvalue weighted by atomic mass is 9.86. The first kappa shape index (κ1) is 28.0. The average molecular weight is 575 g/mol. The van der Waals surface area contributed by atoms with Crippen molar-refractivity contribution in [3.05, 3.63) is 35.1 Å². The van der Waals surface area contributed by atoms with Gasteiger partial charge in [-0.15, -0.1) is 10.2 Å². The molecule has 4 saturated heterocycles. The van der Waals surface area contributed by atoms with Crippen molar-refractivity contribution in [2.45, 2.75) is 55.5 Å². The van der Waals surface area contributed by atoms with Gasteiger partial charge in [0.1, 0.15) is 29.3 Å². The van der Waals surface area contributed by atoms with E-state index in [0.717, 1.165) is 81.5 Å². The molecule has 4 aliphatic rings. The van der Waals surface area contributed by atoms with Crippen LogP contribution in [0.25, 0.3) is 0 Å². The molecule has 1 spiro atoms. The van der Waals surface area contributed by atoms with Gasteiger partial charge in [0.15, 0.2) is 0 Å². The van der Waals surface area contributed by atoms with Gasteiger partial charge >= 0.3 is 12.1 Å². The Balaban J connectivity index is 0.000000392. The molecule has 0 radical (unpaired) electrons. The van der Waals surface area contributed by atoms with Gasteiger partial charge in [-0.2, -0.15) is 13.2 Å². The summed E-state index contributed by atoms with van der Waals surface area (Å²) < 4.78 is 63.6. The number of alkyl halides is 3. The normalized spacial score (nSPS) is 25.0. The Morgan fingerprint density at radius 2 is 1.95 bits per heavy atom. The zero-order valence-electron chi connectivity index (χ0n) is 21.1. The zero-order valence-corrected chi connectivity index (χ0v) is 21.9. The molecule has 0 aliphatic carbocycles. The van der Waals surface area contributed by atoms with Crippen LogP contribution >= 0.6 is 11.3 Å². The summed E-state index contributed by atoms with van der Waals surface area (Å²) in [7, 11) is 0. The van der Waals surface area contributed by atoms with Gasteiger partial charge in [0.2, 0.25) is 5.13 Å². The molecule has 2 atom stereocenters. The van der Waals surface area contributed by atoms with E-state index in [2.05, 4.69) is 20.0 Å². The molecule has 4 fully saturated rings. The summed E-state index contributed by atoms with van der Waals surface area (Å²) in [6, 6.07) is 5.41. The summed E-state index contributed by atoms with van der Waals surface area (Å²) in [4.78, 5) is 13.7. The fraction of sp³-hybridized carbons (Fsp3) is 0.640. The molecular weight excluding hydrogens is 544 g/mol. The third kappa shape index (κ3) is 6.61. The molecule has 0 saturated carbocycles. The van der Waals surface area contributed by atoms with Gasteiger partial charge < -0.3 is 24.2 Å². The number of hydrogen-bond donors (Lipinski definition) is 1. The van der Waals surface area contributed by atoms with Crippen molar-refractivity contribution >= 4 is 22.4 Å². The van der Waals surface area contributed by atoms with Crippen LogP contribution in [0.4, 0.5) is 22.7 Å². The van der Waals surface area contributed by atoms with E-state index in [9.17, 15) is 17.6 Å². The number of carboxylic acid groups (broad SMARTS) is 1. The van der Waals surface area contributed by atoms with Crippen LogP contribution in [0, 0.1) is 5.82 Å². The first-order valence-corrected chi connectivity index (χ1v) is 13.7. The maximum absolute atomic E-state index is 14.0. The number of aromatic nitrogens is 2. The number of aliphatic carboxylic acids is 1. The molecule has 39 heavy (non-hydrogen) atoms. The molecule has 0 unspecified atom stereocenters. The molecule has 9 nitrogen and oxygen atoms in total. The van der Waals surface area contributed by atoms with Crippen molar-refractivity contribution in [3.8, 4) is 5.75 Å². The van der Waals surface area contributed by atoms with E-state index in [-0.39, 0.29) is 17.5 Å². The van der Waals surface area contributed by atoms with Crippen molar-refractivity contribution in [3.63, 3.8) is 0 Å². The van der Waals surface area contributed by atoms with Gasteiger partial charge in [-0.3, -0.25) is 4.90 Å². The highest BCUT2D eigenvalue weighted by Gasteiger charge is 2.51. The number of piperidine rings is 1. The van der Waals surface area contributed by atoms with Crippen LogP contribution in [-0.2, 0) is 14.3 Å². The van der Waals surface area contributed by atoms with E-state index in [1.54, 1.807) is 29.0 Å². The van der Waals surface area contributed by atoms with Crippen molar-refractivity contribution in [1.29, 1.82) is 0 Å². The molecular formula is C25H30F4N4O5S. The van der Waals surface area contributed by atoms with Crippen LogP contribution in [0.3, 0.4) is 0 Å². The summed E-state index contributed by atoms with van der Waals surface area (Å²) in [6.45, 7) is 5.99. The van der Waals surface area contributed by atoms with Crippen molar-refractivity contribution in [2.75, 3.05) is 50.9 Å². The van der Waals surface area contributed by atoms with Gasteiger partial charge in [-0.25, -0.2) is 9.18 Å². The average Bonchev–Trinajstić information content (AvgIpc) is 3.54. The third-order valence-electron chi connectivity index (χ3n) is 7.68. The number of carboxylic acids is 1. The lowest BCUT2D eigenvalue weighted by Gasteiger charge is -2.47. The first-order valence-electron chi connectivity index (χ1n) is 12.8. The minimum atomic E-state index is -5.08. The molecule has 5 heterocycles. The molecule has 1 aromatic carbocycles. The standard InChI is InChI=1S/C23H29FN4O3S.C2HF3O2/c24-17-1-2-21(30-12-19-5-8-29-19)20(9-17)16-3-6-27(7-4-16)18-10-23(31-11-18)13-28(14-23)22-26-25-15-32-22;3-2(4,5)1(6)7/h1-2,9,15-16,18-19H,3-8,10-14H2;(H,6,7)/t18-,19-;/m0./s1. The number of rotatable bonds is 6. The highest BCUT2D eigenvalue weighted by Crippen LogP contribution is 2.41. The highest BCUT2D eigenvalue weighted by molar-refractivity contribution is 7.13. The van der Waals surface area contributed by atoms with E-state index in [1.807, 2.05) is 0 Å². The second-order valence-corrected chi connectivity index (χ2v) is 11.1. The fourth-order valence-electron chi connectivity index (χ4n) is 5.51. The molecule has 0 amide bonds. The Morgan fingerprint density at radius 1 is 1.23 bits per heavy atom. The highest BCUT2D eigenvalue weighted by atomic mass is 32.1. The molecule has 6 rings (SSSR count). The first-order chi connectivity index (χ1) is 18.6. The van der Waals surface area contributed by atoms with E-state index >= 15 is 0 Å². The molecule has 0 bridgehead atoms. The van der Waals surface area contributed by atoms with Gasteiger partial charge in [-0.1, -0.05) is 11.3 Å². The monoisotopic (exact) mass is 574 g/mol. The molecule has 214 valence electrons. The summed E-state index contributed by atoms with van der Waals surface area (Å²) >= 11 is 1.58. The fourth-order valence-corrected chi connectivity index (χ4v) is 6.07. The number of hydrogen-bond acceptors (Lipinski definition) is 9. The SMILES string of the molecule is Fc1ccc(OC[C@@H]2CCO2)c(C2CCN([C@@H]3COC4(C3)CN(c3nncs3)C4)CC2)c1.O=C(O)C(F)(F)F. The van der Waals surface area contributed by atoms with Gasteiger partial charge in [0.05, 0.1) is 25.8 Å². The van der Waals surface area contributed by atoms with Crippen LogP contribution in [-0.4, -0.2) is 96.1 Å². The lowest BCUT2D eigenvalue weighted by molar-refractivity contribution is -0.192. The van der Waals surface area contributed by atoms with Gasteiger partial charge in [-0.05, 0) is 56.5 Å². The van der Waals surface area contributed by atoms with Crippen LogP contribution in [0.1, 0.15) is 37.2 Å². The van der Waals surface area contributed by atoms with Gasteiger partial charge in [0, 0.05) is 24.6 Å². The predicted molar refractivity (Wildman–Crippen MR) is 133 cm³/mol. The lowest BCUT2D eigenvalue weighted by Crippen LogP contribution is -2.62. The van der Waals surface area contributed by atoms with Crippen LogP contribution in [0.2, 0.25) is 0 Å². The van der Waals surface area contributed by atoms with Crippen molar-refractivity contribution in [1.82, 2.24) is 15.1 Å². The molecule has 1 aromatic heterocycles. The second-order valence-electron chi connectivity index (χ2n) is 10.3. The number of carbonyl (C=O) groups is 1. The Kier molecular flexibility index (Phi) is 8.26. The number of nitrogens with zero attached hydrogens (tertiary/aromatic N) is 4. The number of halogens is 4. The van der Waals surface area contributed by atoms with E-state index in [0.29, 0.717) is 18.6 Å². The van der Waals surface area contributed by atoms with Crippen molar-refractivity contribution in [2.24, 2.45) is 0 Å². The van der Waals surface area contributed by atoms with Crippen LogP contribution in [0.15, 0.2) is 23.7 Å². The topological polar surface area (TPSA) is 97.3 Å². The van der Waals surface area contributed by atoms with Crippen molar-refractivity contribution < 1.29 is 41.7 Å². The number of ether oxygens (including phenoxy) is 3. The predicted octanol–water partition coefficient (Wildman–Crippen LogP) is 3.71. The number of benzene rings is 1. The Labute approximate surface area is 226 Å². The smallest absolute Gasteiger partial charge is 0.490 e. The van der Waals surface area contributed by atoms with Gasteiger partial charge in [0.25, 0.3) is 0 Å². The van der Waals surface area contributed by atoms with Crippen LogP contribution < -0.4 is 9.64 Å².